The van der Waals surface area contributed by atoms with Crippen molar-refractivity contribution < 1.29 is 14.3 Å². The summed E-state index contributed by atoms with van der Waals surface area (Å²) in [4.78, 5) is 33.1. The Morgan fingerprint density at radius 2 is 1.61 bits per heavy atom. The number of carbonyl (C=O) groups excluding carboxylic acids is 2. The monoisotopic (exact) mass is 525 g/mol. The molecule has 4 rings (SSSR count). The lowest BCUT2D eigenvalue weighted by Crippen LogP contribution is -2.30. The highest BCUT2D eigenvalue weighted by Crippen LogP contribution is 2.30. The van der Waals surface area contributed by atoms with E-state index in [-0.39, 0.29) is 12.5 Å². The van der Waals surface area contributed by atoms with Crippen LogP contribution in [0.25, 0.3) is 17.2 Å². The van der Waals surface area contributed by atoms with E-state index in [1.807, 2.05) is 55.4 Å². The van der Waals surface area contributed by atoms with E-state index in [1.165, 1.54) is 13.2 Å². The van der Waals surface area contributed by atoms with Crippen molar-refractivity contribution in [3.63, 3.8) is 0 Å². The summed E-state index contributed by atoms with van der Waals surface area (Å²) in [6, 6.07) is 24.9. The molecule has 0 radical (unpaired) electrons. The topological polar surface area (TPSA) is 62.7 Å². The number of hydrogen-bond acceptors (Lipinski definition) is 5. The maximum atomic E-state index is 13.6. The fraction of sp³-hybridized carbons (Fsp3) is 0.129. The molecule has 0 bridgehead atoms. The number of methoxy groups -OCH3 is 1. The second-order valence-corrected chi connectivity index (χ2v) is 9.24. The number of pyridine rings is 1. The number of hydrogen-bond donors (Lipinski definition) is 0. The first-order valence-corrected chi connectivity index (χ1v) is 12.4. The molecule has 0 aliphatic rings. The highest BCUT2D eigenvalue weighted by atomic mass is 35.5. The summed E-state index contributed by atoms with van der Waals surface area (Å²) in [5.41, 5.74) is 5.71. The van der Waals surface area contributed by atoms with Crippen molar-refractivity contribution in [1.29, 1.82) is 0 Å². The predicted molar refractivity (Wildman–Crippen MR) is 153 cm³/mol. The molecule has 0 N–H and O–H groups in total. The van der Waals surface area contributed by atoms with Crippen molar-refractivity contribution in [2.24, 2.45) is 0 Å². The normalized spacial score (nSPS) is 10.8. The molecule has 1 aromatic heterocycles. The molecular formula is C31H28ClN3O3. The SMILES string of the molecule is COC(=O)/C=C/c1cncc(N(Cc2ccc(-c3ccc(N(C)C)cc3)cc2Cl)C(=O)c2ccccc2)c1. The minimum Gasteiger partial charge on any atom is -0.466 e. The second-order valence-electron chi connectivity index (χ2n) is 8.84. The first-order chi connectivity index (χ1) is 18.4. The van der Waals surface area contributed by atoms with Crippen LogP contribution in [0.5, 0.6) is 0 Å². The van der Waals surface area contributed by atoms with Gasteiger partial charge in [0.25, 0.3) is 5.91 Å². The van der Waals surface area contributed by atoms with Crippen molar-refractivity contribution in [2.75, 3.05) is 31.0 Å². The van der Waals surface area contributed by atoms with Gasteiger partial charge in [-0.2, -0.15) is 0 Å². The summed E-state index contributed by atoms with van der Waals surface area (Å²) in [6.07, 6.45) is 6.13. The minimum absolute atomic E-state index is 0.194. The first kappa shape index (κ1) is 26.6. The molecule has 0 aliphatic heterocycles. The van der Waals surface area contributed by atoms with Crippen LogP contribution >= 0.6 is 11.6 Å². The molecule has 0 aliphatic carbocycles. The van der Waals surface area contributed by atoms with E-state index >= 15 is 0 Å². The molecule has 0 unspecified atom stereocenters. The smallest absolute Gasteiger partial charge is 0.330 e. The van der Waals surface area contributed by atoms with Gasteiger partial charge in [0.1, 0.15) is 0 Å². The second kappa shape index (κ2) is 12.2. The lowest BCUT2D eigenvalue weighted by atomic mass is 10.0. The van der Waals surface area contributed by atoms with Crippen LogP contribution in [0.15, 0.2) is 97.3 Å². The van der Waals surface area contributed by atoms with Crippen LogP contribution in [0.2, 0.25) is 5.02 Å². The Kier molecular flexibility index (Phi) is 8.56. The first-order valence-electron chi connectivity index (χ1n) is 12.0. The molecule has 4 aromatic rings. The van der Waals surface area contributed by atoms with Gasteiger partial charge in [0.2, 0.25) is 0 Å². The zero-order valence-electron chi connectivity index (χ0n) is 21.5. The molecule has 7 heteroatoms. The van der Waals surface area contributed by atoms with Gasteiger partial charge < -0.3 is 14.5 Å². The van der Waals surface area contributed by atoms with Crippen molar-refractivity contribution in [2.45, 2.75) is 6.54 Å². The predicted octanol–water partition coefficient (Wildman–Crippen LogP) is 6.50. The number of aromatic nitrogens is 1. The lowest BCUT2D eigenvalue weighted by molar-refractivity contribution is -0.134. The van der Waals surface area contributed by atoms with Crippen molar-refractivity contribution in [3.8, 4) is 11.1 Å². The molecular weight excluding hydrogens is 498 g/mol. The van der Waals surface area contributed by atoms with Crippen molar-refractivity contribution in [1.82, 2.24) is 4.98 Å². The quantitative estimate of drug-likeness (QED) is 0.194. The van der Waals surface area contributed by atoms with Gasteiger partial charge in [-0.3, -0.25) is 9.78 Å². The highest BCUT2D eigenvalue weighted by Gasteiger charge is 2.20. The Morgan fingerprint density at radius 3 is 2.26 bits per heavy atom. The fourth-order valence-electron chi connectivity index (χ4n) is 3.91. The number of benzene rings is 3. The van der Waals surface area contributed by atoms with Crippen LogP contribution in [-0.2, 0) is 16.1 Å². The lowest BCUT2D eigenvalue weighted by Gasteiger charge is -2.24. The van der Waals surface area contributed by atoms with E-state index in [9.17, 15) is 9.59 Å². The van der Waals surface area contributed by atoms with Crippen LogP contribution in [-0.4, -0.2) is 38.1 Å². The standard InChI is InChI=1S/C31H28ClN3O3/c1-34(2)27-14-12-23(13-15-27)25-10-11-26(29(32)18-25)21-35(31(37)24-7-5-4-6-8-24)28-17-22(19-33-20-28)9-16-30(36)38-3/h4-20H,21H2,1-3H3/b16-9+. The Morgan fingerprint density at radius 1 is 0.895 bits per heavy atom. The molecule has 1 heterocycles. The number of rotatable bonds is 8. The van der Waals surface area contributed by atoms with Gasteiger partial charge in [-0.25, -0.2) is 4.79 Å². The Labute approximate surface area is 227 Å². The molecule has 38 heavy (non-hydrogen) atoms. The van der Waals surface area contributed by atoms with E-state index in [0.29, 0.717) is 21.8 Å². The van der Waals surface area contributed by atoms with Crippen LogP contribution in [0.1, 0.15) is 21.5 Å². The largest absolute Gasteiger partial charge is 0.466 e. The van der Waals surface area contributed by atoms with Crippen LogP contribution in [0, 0.1) is 0 Å². The number of anilines is 2. The van der Waals surface area contributed by atoms with E-state index in [0.717, 1.165) is 22.4 Å². The molecule has 192 valence electrons. The van der Waals surface area contributed by atoms with Gasteiger partial charge >= 0.3 is 5.97 Å². The molecule has 3 aromatic carbocycles. The van der Waals surface area contributed by atoms with Crippen LogP contribution < -0.4 is 9.80 Å². The Hall–Kier alpha value is -4.42. The van der Waals surface area contributed by atoms with Gasteiger partial charge in [-0.1, -0.05) is 54.1 Å². The van der Waals surface area contributed by atoms with E-state index in [2.05, 4.69) is 34.0 Å². The Balaban J connectivity index is 1.66. The molecule has 6 nitrogen and oxygen atoms in total. The zero-order chi connectivity index (χ0) is 27.1. The maximum Gasteiger partial charge on any atom is 0.330 e. The summed E-state index contributed by atoms with van der Waals surface area (Å²) < 4.78 is 4.67. The summed E-state index contributed by atoms with van der Waals surface area (Å²) in [7, 11) is 5.32. The number of esters is 1. The third-order valence-corrected chi connectivity index (χ3v) is 6.39. The third kappa shape index (κ3) is 6.47. The molecule has 0 fully saturated rings. The van der Waals surface area contributed by atoms with Gasteiger partial charge in [-0.05, 0) is 64.7 Å². The number of carbonyl (C=O) groups is 2. The van der Waals surface area contributed by atoms with Gasteiger partial charge in [0.05, 0.1) is 25.5 Å². The van der Waals surface area contributed by atoms with E-state index < -0.39 is 5.97 Å². The third-order valence-electron chi connectivity index (χ3n) is 6.03. The highest BCUT2D eigenvalue weighted by molar-refractivity contribution is 6.31. The van der Waals surface area contributed by atoms with Crippen LogP contribution in [0.4, 0.5) is 11.4 Å². The summed E-state index contributed by atoms with van der Waals surface area (Å²) >= 11 is 6.75. The van der Waals surface area contributed by atoms with E-state index in [4.69, 9.17) is 11.6 Å². The number of ether oxygens (including phenoxy) is 1. The number of halogens is 1. The van der Waals surface area contributed by atoms with E-state index in [1.54, 1.807) is 41.6 Å². The molecule has 0 saturated heterocycles. The molecule has 1 amide bonds. The summed E-state index contributed by atoms with van der Waals surface area (Å²) in [5, 5.41) is 0.555. The molecule has 0 saturated carbocycles. The Bertz CT molecular complexity index is 1450. The average Bonchev–Trinajstić information content (AvgIpc) is 2.95. The molecule has 0 atom stereocenters. The zero-order valence-corrected chi connectivity index (χ0v) is 22.2. The maximum absolute atomic E-state index is 13.6. The average molecular weight is 526 g/mol. The minimum atomic E-state index is -0.476. The number of amides is 1. The fourth-order valence-corrected chi connectivity index (χ4v) is 4.15. The van der Waals surface area contributed by atoms with Gasteiger partial charge in [-0.15, -0.1) is 0 Å². The van der Waals surface area contributed by atoms with Gasteiger partial charge in [0.15, 0.2) is 0 Å². The molecule has 0 spiro atoms. The number of nitrogens with zero attached hydrogens (tertiary/aromatic N) is 3. The van der Waals surface area contributed by atoms with Crippen LogP contribution in [0.3, 0.4) is 0 Å². The summed E-state index contributed by atoms with van der Waals surface area (Å²) in [5.74, 6) is -0.670. The van der Waals surface area contributed by atoms with Gasteiger partial charge in [0, 0.05) is 42.6 Å². The van der Waals surface area contributed by atoms with Crippen molar-refractivity contribution >= 4 is 40.9 Å². The summed E-state index contributed by atoms with van der Waals surface area (Å²) in [6.45, 7) is 0.234. The van der Waals surface area contributed by atoms with Crippen molar-refractivity contribution in [3.05, 3.63) is 119 Å².